The number of ether oxygens (including phenoxy) is 1. The van der Waals surface area contributed by atoms with E-state index in [2.05, 4.69) is 0 Å². The van der Waals surface area contributed by atoms with Crippen molar-refractivity contribution in [2.75, 3.05) is 6.61 Å². The Morgan fingerprint density at radius 2 is 1.78 bits per heavy atom. The smallest absolute Gasteiger partial charge is 0.300 e. The summed E-state index contributed by atoms with van der Waals surface area (Å²) in [7, 11) is -3.81. The number of hydrogen-bond acceptors (Lipinski definition) is 4. The fourth-order valence-electron chi connectivity index (χ4n) is 2.12. The van der Waals surface area contributed by atoms with Crippen molar-refractivity contribution < 1.29 is 17.3 Å². The minimum atomic E-state index is -3.81. The fourth-order valence-corrected chi connectivity index (χ4v) is 3.23. The van der Waals surface area contributed by atoms with Crippen LogP contribution in [0.2, 0.25) is 0 Å². The van der Waals surface area contributed by atoms with Crippen LogP contribution in [-0.4, -0.2) is 15.0 Å². The summed E-state index contributed by atoms with van der Waals surface area (Å²) in [5.74, 6) is 0.323. The fraction of sp³-hybridized carbons (Fsp3) is 0.333. The maximum Gasteiger partial charge on any atom is 0.300 e. The molecule has 0 aliphatic heterocycles. The lowest BCUT2D eigenvalue weighted by Gasteiger charge is -2.14. The minimum absolute atomic E-state index is 0.0742. The highest BCUT2D eigenvalue weighted by Gasteiger charge is 2.20. The van der Waals surface area contributed by atoms with E-state index in [1.807, 2.05) is 45.0 Å². The van der Waals surface area contributed by atoms with Crippen molar-refractivity contribution in [3.63, 3.8) is 0 Å². The Morgan fingerprint density at radius 3 is 2.48 bits per heavy atom. The predicted molar refractivity (Wildman–Crippen MR) is 90.1 cm³/mol. The molecule has 4 nitrogen and oxygen atoms in total. The Hall–Kier alpha value is -1.85. The molecule has 0 fully saturated rings. The van der Waals surface area contributed by atoms with Crippen molar-refractivity contribution in [2.24, 2.45) is 0 Å². The normalized spacial score (nSPS) is 11.4. The third kappa shape index (κ3) is 4.56. The Bertz CT molecular complexity index is 766. The molecule has 0 aliphatic carbocycles. The highest BCUT2D eigenvalue weighted by Crippen LogP contribution is 2.28. The van der Waals surface area contributed by atoms with Gasteiger partial charge in [-0.1, -0.05) is 37.3 Å². The van der Waals surface area contributed by atoms with E-state index in [9.17, 15) is 8.42 Å². The van der Waals surface area contributed by atoms with Crippen LogP contribution in [-0.2, 0) is 20.9 Å². The van der Waals surface area contributed by atoms with Gasteiger partial charge in [0.05, 0.1) is 6.61 Å². The predicted octanol–water partition coefficient (Wildman–Crippen LogP) is 4.00. The van der Waals surface area contributed by atoms with Crippen LogP contribution in [0.4, 0.5) is 0 Å². The second kappa shape index (κ2) is 7.62. The standard InChI is InChI=1S/C18H22O4S/c1-4-11-22-23(19,20)18-10-9-14(2)12-17(18)21-13-16-8-6-5-7-15(16)3/h5-10,12H,4,11,13H2,1-3H3. The van der Waals surface area contributed by atoms with Gasteiger partial charge in [-0.25, -0.2) is 0 Å². The Labute approximate surface area is 138 Å². The lowest BCUT2D eigenvalue weighted by molar-refractivity contribution is 0.287. The Balaban J connectivity index is 2.27. The molecule has 0 aliphatic rings. The first-order valence-electron chi connectivity index (χ1n) is 7.61. The van der Waals surface area contributed by atoms with Crippen LogP contribution in [0.15, 0.2) is 47.4 Å². The molecule has 0 bridgehead atoms. The van der Waals surface area contributed by atoms with Crippen LogP contribution >= 0.6 is 0 Å². The molecule has 2 aromatic rings. The summed E-state index contributed by atoms with van der Waals surface area (Å²) >= 11 is 0. The van der Waals surface area contributed by atoms with Gasteiger partial charge in [-0.05, 0) is 49.1 Å². The molecule has 5 heteroatoms. The van der Waals surface area contributed by atoms with E-state index < -0.39 is 10.1 Å². The monoisotopic (exact) mass is 334 g/mol. The molecule has 124 valence electrons. The van der Waals surface area contributed by atoms with Gasteiger partial charge in [0, 0.05) is 0 Å². The van der Waals surface area contributed by atoms with Gasteiger partial charge in [-0.3, -0.25) is 4.18 Å². The third-order valence-electron chi connectivity index (χ3n) is 3.46. The van der Waals surface area contributed by atoms with Gasteiger partial charge in [0.1, 0.15) is 17.3 Å². The molecular weight excluding hydrogens is 312 g/mol. The molecule has 2 aromatic carbocycles. The van der Waals surface area contributed by atoms with Crippen molar-refractivity contribution in [1.82, 2.24) is 0 Å². The van der Waals surface area contributed by atoms with Crippen molar-refractivity contribution >= 4 is 10.1 Å². The maximum absolute atomic E-state index is 12.3. The van der Waals surface area contributed by atoms with Crippen molar-refractivity contribution in [3.8, 4) is 5.75 Å². The van der Waals surface area contributed by atoms with Gasteiger partial charge in [-0.2, -0.15) is 8.42 Å². The molecule has 23 heavy (non-hydrogen) atoms. The molecule has 0 N–H and O–H groups in total. The topological polar surface area (TPSA) is 52.6 Å². The lowest BCUT2D eigenvalue weighted by atomic mass is 10.1. The summed E-state index contributed by atoms with van der Waals surface area (Å²) in [6.07, 6.45) is 0.629. The molecule has 0 saturated heterocycles. The van der Waals surface area contributed by atoms with Gasteiger partial charge in [0.25, 0.3) is 0 Å². The zero-order valence-corrected chi connectivity index (χ0v) is 14.5. The van der Waals surface area contributed by atoms with Crippen LogP contribution in [0.25, 0.3) is 0 Å². The van der Waals surface area contributed by atoms with Crippen molar-refractivity contribution in [1.29, 1.82) is 0 Å². The van der Waals surface area contributed by atoms with E-state index in [4.69, 9.17) is 8.92 Å². The first-order valence-corrected chi connectivity index (χ1v) is 9.02. The van der Waals surface area contributed by atoms with E-state index in [1.54, 1.807) is 12.1 Å². The molecule has 2 rings (SSSR count). The summed E-state index contributed by atoms with van der Waals surface area (Å²) in [6.45, 7) is 6.22. The van der Waals surface area contributed by atoms with Crippen LogP contribution < -0.4 is 4.74 Å². The van der Waals surface area contributed by atoms with E-state index >= 15 is 0 Å². The molecule has 0 atom stereocenters. The quantitative estimate of drug-likeness (QED) is 0.718. The largest absolute Gasteiger partial charge is 0.487 e. The van der Waals surface area contributed by atoms with Crippen LogP contribution in [0.3, 0.4) is 0 Å². The maximum atomic E-state index is 12.3. The molecule has 0 aromatic heterocycles. The van der Waals surface area contributed by atoms with E-state index in [-0.39, 0.29) is 11.5 Å². The van der Waals surface area contributed by atoms with Gasteiger partial charge >= 0.3 is 10.1 Å². The number of benzene rings is 2. The van der Waals surface area contributed by atoms with Crippen LogP contribution in [0.1, 0.15) is 30.0 Å². The third-order valence-corrected chi connectivity index (χ3v) is 4.81. The van der Waals surface area contributed by atoms with Crippen molar-refractivity contribution in [3.05, 3.63) is 59.2 Å². The van der Waals surface area contributed by atoms with Crippen molar-refractivity contribution in [2.45, 2.75) is 38.7 Å². The molecule has 0 radical (unpaired) electrons. The highest BCUT2D eigenvalue weighted by atomic mass is 32.2. The highest BCUT2D eigenvalue weighted by molar-refractivity contribution is 7.86. The van der Waals surface area contributed by atoms with E-state index in [0.29, 0.717) is 18.8 Å². The second-order valence-corrected chi connectivity index (χ2v) is 7.03. The number of hydrogen-bond donors (Lipinski definition) is 0. The number of rotatable bonds is 7. The lowest BCUT2D eigenvalue weighted by Crippen LogP contribution is -2.10. The summed E-state index contributed by atoms with van der Waals surface area (Å²) in [6, 6.07) is 12.9. The summed E-state index contributed by atoms with van der Waals surface area (Å²) < 4.78 is 35.4. The van der Waals surface area contributed by atoms with Gasteiger partial charge < -0.3 is 4.74 Å². The molecule has 0 spiro atoms. The van der Waals surface area contributed by atoms with Gasteiger partial charge in [0.15, 0.2) is 0 Å². The average Bonchev–Trinajstić information content (AvgIpc) is 2.52. The van der Waals surface area contributed by atoms with E-state index in [1.165, 1.54) is 6.07 Å². The Morgan fingerprint density at radius 1 is 1.04 bits per heavy atom. The number of aryl methyl sites for hydroxylation is 2. The SMILES string of the molecule is CCCOS(=O)(=O)c1ccc(C)cc1OCc1ccccc1C. The van der Waals surface area contributed by atoms with Crippen LogP contribution in [0.5, 0.6) is 5.75 Å². The van der Waals surface area contributed by atoms with Gasteiger partial charge in [-0.15, -0.1) is 0 Å². The summed E-state index contributed by atoms with van der Waals surface area (Å²) in [4.78, 5) is 0.0742. The molecule has 0 saturated carbocycles. The first-order chi connectivity index (χ1) is 10.9. The zero-order valence-electron chi connectivity index (χ0n) is 13.7. The molecular formula is C18H22O4S. The van der Waals surface area contributed by atoms with E-state index in [0.717, 1.165) is 16.7 Å². The molecule has 0 amide bonds. The second-order valence-electron chi connectivity index (χ2n) is 5.44. The summed E-state index contributed by atoms with van der Waals surface area (Å²) in [5, 5.41) is 0. The zero-order chi connectivity index (χ0) is 16.9. The Kier molecular flexibility index (Phi) is 5.80. The van der Waals surface area contributed by atoms with Gasteiger partial charge in [0.2, 0.25) is 0 Å². The van der Waals surface area contributed by atoms with Crippen LogP contribution in [0, 0.1) is 13.8 Å². The first kappa shape index (κ1) is 17.5. The summed E-state index contributed by atoms with van der Waals surface area (Å²) in [5.41, 5.74) is 3.05. The average molecular weight is 334 g/mol. The molecule has 0 heterocycles. The molecule has 0 unspecified atom stereocenters. The minimum Gasteiger partial charge on any atom is -0.487 e.